The maximum absolute atomic E-state index is 12.5. The number of esters is 1. The van der Waals surface area contributed by atoms with E-state index in [0.29, 0.717) is 25.3 Å². The third-order valence-corrected chi connectivity index (χ3v) is 8.64. The maximum Gasteiger partial charge on any atom is 0.338 e. The lowest BCUT2D eigenvalue weighted by molar-refractivity contribution is -0.136. The van der Waals surface area contributed by atoms with Crippen molar-refractivity contribution in [2.45, 2.75) is 50.2 Å². The number of cyclic esters (lactones) is 1. The summed E-state index contributed by atoms with van der Waals surface area (Å²) in [6.45, 7) is 5.38. The Morgan fingerprint density at radius 1 is 1.06 bits per heavy atom. The van der Waals surface area contributed by atoms with Crippen molar-refractivity contribution in [3.05, 3.63) is 77.1 Å². The molecule has 4 atom stereocenters. The van der Waals surface area contributed by atoms with Gasteiger partial charge in [0.25, 0.3) is 0 Å². The van der Waals surface area contributed by atoms with Gasteiger partial charge >= 0.3 is 5.97 Å². The SMILES string of the molecule is CC1N(Cc2ccccc2)c2ccccc2[C@@]12CCN(C)[C@@H]2C[C@@H]1CCOC2=C1C(=O)OC2. The molecule has 2 aromatic rings. The summed E-state index contributed by atoms with van der Waals surface area (Å²) in [6, 6.07) is 20.5. The molecule has 4 aliphatic heterocycles. The summed E-state index contributed by atoms with van der Waals surface area (Å²) in [6.07, 6.45) is 2.99. The van der Waals surface area contributed by atoms with E-state index in [1.165, 1.54) is 16.8 Å². The molecule has 1 unspecified atom stereocenters. The molecule has 0 saturated carbocycles. The van der Waals surface area contributed by atoms with E-state index in [9.17, 15) is 4.79 Å². The molecule has 4 aliphatic rings. The fraction of sp³-hybridized carbons (Fsp3) is 0.464. The van der Waals surface area contributed by atoms with Gasteiger partial charge in [0.2, 0.25) is 0 Å². The minimum absolute atomic E-state index is 0.0433. The molecular formula is C28H32N2O3. The van der Waals surface area contributed by atoms with Crippen LogP contribution in [0, 0.1) is 5.92 Å². The first kappa shape index (κ1) is 20.8. The molecule has 2 aromatic carbocycles. The number of likely N-dealkylation sites (N-methyl/N-ethyl adjacent to an activating group) is 1. The standard InChI is InChI=1S/C28H32N2O3/c1-19-28(22-10-6-7-11-23(22)30(19)17-20-8-4-3-5-9-20)13-14-29(2)25(28)16-21-12-15-32-24-18-33-27(31)26(21)24/h3-11,19,21,25H,12-18H2,1-2H3/t19?,21-,25+,28+/m0/s1. The van der Waals surface area contributed by atoms with Crippen molar-refractivity contribution >= 4 is 11.7 Å². The van der Waals surface area contributed by atoms with Crippen molar-refractivity contribution in [2.75, 3.05) is 31.7 Å². The summed E-state index contributed by atoms with van der Waals surface area (Å²) in [4.78, 5) is 17.7. The molecule has 4 heterocycles. The normalized spacial score (nSPS) is 31.0. The van der Waals surface area contributed by atoms with Gasteiger partial charge in [-0.1, -0.05) is 48.5 Å². The lowest BCUT2D eigenvalue weighted by Gasteiger charge is -2.42. The zero-order valence-electron chi connectivity index (χ0n) is 19.5. The van der Waals surface area contributed by atoms with E-state index in [-0.39, 0.29) is 17.3 Å². The van der Waals surface area contributed by atoms with Crippen LogP contribution in [0.15, 0.2) is 65.9 Å². The summed E-state index contributed by atoms with van der Waals surface area (Å²) in [5.74, 6) is 0.806. The third kappa shape index (κ3) is 3.12. The second-order valence-corrected chi connectivity index (χ2v) is 10.1. The predicted molar refractivity (Wildman–Crippen MR) is 128 cm³/mol. The van der Waals surface area contributed by atoms with Gasteiger partial charge in [-0.2, -0.15) is 0 Å². The minimum Gasteiger partial charge on any atom is -0.494 e. The van der Waals surface area contributed by atoms with Gasteiger partial charge in [-0.25, -0.2) is 4.79 Å². The Morgan fingerprint density at radius 3 is 2.70 bits per heavy atom. The Morgan fingerprint density at radius 2 is 1.85 bits per heavy atom. The Labute approximate surface area is 196 Å². The molecule has 0 aliphatic carbocycles. The molecule has 5 nitrogen and oxygen atoms in total. The quantitative estimate of drug-likeness (QED) is 0.659. The first-order chi connectivity index (χ1) is 16.1. The smallest absolute Gasteiger partial charge is 0.338 e. The zero-order chi connectivity index (χ0) is 22.6. The van der Waals surface area contributed by atoms with Crippen molar-refractivity contribution in [3.8, 4) is 0 Å². The molecule has 33 heavy (non-hydrogen) atoms. The van der Waals surface area contributed by atoms with Crippen molar-refractivity contribution in [2.24, 2.45) is 5.92 Å². The number of rotatable bonds is 4. The van der Waals surface area contributed by atoms with Crippen molar-refractivity contribution in [1.82, 2.24) is 4.90 Å². The van der Waals surface area contributed by atoms with Crippen LogP contribution in [-0.4, -0.2) is 49.8 Å². The monoisotopic (exact) mass is 444 g/mol. The van der Waals surface area contributed by atoms with E-state index in [4.69, 9.17) is 9.47 Å². The molecule has 0 radical (unpaired) electrons. The summed E-state index contributed by atoms with van der Waals surface area (Å²) in [5, 5.41) is 0. The zero-order valence-corrected chi connectivity index (χ0v) is 19.5. The lowest BCUT2D eigenvalue weighted by atomic mass is 9.68. The number of ether oxygens (including phenoxy) is 2. The molecule has 0 N–H and O–H groups in total. The number of para-hydroxylation sites is 1. The van der Waals surface area contributed by atoms with Crippen LogP contribution < -0.4 is 4.90 Å². The highest BCUT2D eigenvalue weighted by atomic mass is 16.6. The van der Waals surface area contributed by atoms with Gasteiger partial charge < -0.3 is 19.3 Å². The van der Waals surface area contributed by atoms with E-state index >= 15 is 0 Å². The number of carbonyl (C=O) groups excluding carboxylic acids is 1. The van der Waals surface area contributed by atoms with Gasteiger partial charge in [0.15, 0.2) is 0 Å². The summed E-state index contributed by atoms with van der Waals surface area (Å²) in [7, 11) is 2.26. The van der Waals surface area contributed by atoms with Crippen LogP contribution in [0.25, 0.3) is 0 Å². The van der Waals surface area contributed by atoms with Gasteiger partial charge in [-0.3, -0.25) is 0 Å². The number of hydrogen-bond acceptors (Lipinski definition) is 5. The van der Waals surface area contributed by atoms with Crippen LogP contribution in [0.4, 0.5) is 5.69 Å². The minimum atomic E-state index is -0.171. The van der Waals surface area contributed by atoms with Gasteiger partial charge in [0.05, 0.1) is 12.2 Å². The molecule has 1 spiro atoms. The van der Waals surface area contributed by atoms with E-state index in [2.05, 4.69) is 78.4 Å². The van der Waals surface area contributed by atoms with Crippen LogP contribution >= 0.6 is 0 Å². The summed E-state index contributed by atoms with van der Waals surface area (Å²) in [5.41, 5.74) is 5.02. The van der Waals surface area contributed by atoms with E-state index in [1.807, 2.05) is 0 Å². The highest BCUT2D eigenvalue weighted by Crippen LogP contribution is 2.55. The highest BCUT2D eigenvalue weighted by Gasteiger charge is 2.58. The number of anilines is 1. The highest BCUT2D eigenvalue weighted by molar-refractivity contribution is 5.92. The number of hydrogen-bond donors (Lipinski definition) is 0. The van der Waals surface area contributed by atoms with Gasteiger partial charge in [0, 0.05) is 29.7 Å². The Kier molecular flexibility index (Phi) is 4.98. The second kappa shape index (κ2) is 7.91. The maximum atomic E-state index is 12.5. The molecule has 172 valence electrons. The molecule has 1 saturated heterocycles. The van der Waals surface area contributed by atoms with Crippen LogP contribution in [0.1, 0.15) is 37.3 Å². The van der Waals surface area contributed by atoms with Gasteiger partial charge in [-0.05, 0) is 62.9 Å². The van der Waals surface area contributed by atoms with E-state index < -0.39 is 0 Å². The average Bonchev–Trinajstić information content (AvgIpc) is 3.46. The van der Waals surface area contributed by atoms with E-state index in [0.717, 1.165) is 43.7 Å². The largest absolute Gasteiger partial charge is 0.494 e. The van der Waals surface area contributed by atoms with Gasteiger partial charge in [0.1, 0.15) is 12.4 Å². The van der Waals surface area contributed by atoms with E-state index in [1.54, 1.807) is 0 Å². The first-order valence-corrected chi connectivity index (χ1v) is 12.2. The summed E-state index contributed by atoms with van der Waals surface area (Å²) < 4.78 is 11.1. The summed E-state index contributed by atoms with van der Waals surface area (Å²) >= 11 is 0. The number of carbonyl (C=O) groups is 1. The van der Waals surface area contributed by atoms with Crippen molar-refractivity contribution in [1.29, 1.82) is 0 Å². The number of fused-ring (bicyclic) bond motifs is 2. The topological polar surface area (TPSA) is 42.0 Å². The van der Waals surface area contributed by atoms with Crippen molar-refractivity contribution in [3.63, 3.8) is 0 Å². The number of benzene rings is 2. The van der Waals surface area contributed by atoms with Crippen LogP contribution in [-0.2, 0) is 26.2 Å². The van der Waals surface area contributed by atoms with Gasteiger partial charge in [-0.15, -0.1) is 0 Å². The molecular weight excluding hydrogens is 412 g/mol. The molecule has 5 heteroatoms. The number of nitrogens with zero attached hydrogens (tertiary/aromatic N) is 2. The number of likely N-dealkylation sites (tertiary alicyclic amines) is 1. The predicted octanol–water partition coefficient (Wildman–Crippen LogP) is 4.27. The lowest BCUT2D eigenvalue weighted by Crippen LogP contribution is -2.51. The fourth-order valence-corrected chi connectivity index (χ4v) is 6.99. The average molecular weight is 445 g/mol. The Balaban J connectivity index is 1.38. The molecule has 0 aromatic heterocycles. The Hall–Kier alpha value is -2.79. The molecule has 1 fully saturated rings. The third-order valence-electron chi connectivity index (χ3n) is 8.64. The van der Waals surface area contributed by atoms with Crippen molar-refractivity contribution < 1.29 is 14.3 Å². The van der Waals surface area contributed by atoms with Crippen LogP contribution in [0.5, 0.6) is 0 Å². The van der Waals surface area contributed by atoms with Crippen LogP contribution in [0.3, 0.4) is 0 Å². The van der Waals surface area contributed by atoms with Crippen LogP contribution in [0.2, 0.25) is 0 Å². The second-order valence-electron chi connectivity index (χ2n) is 10.1. The Bertz CT molecular complexity index is 1100. The molecule has 0 amide bonds. The molecule has 6 rings (SSSR count). The molecule has 0 bridgehead atoms. The first-order valence-electron chi connectivity index (χ1n) is 12.2. The fourth-order valence-electron chi connectivity index (χ4n) is 6.99.